The van der Waals surface area contributed by atoms with Crippen molar-refractivity contribution in [1.82, 2.24) is 10.2 Å². The van der Waals surface area contributed by atoms with E-state index in [0.717, 1.165) is 16.7 Å². The number of carbonyl (C=O) groups excluding carboxylic acids is 1. The van der Waals surface area contributed by atoms with Crippen LogP contribution in [0.2, 0.25) is 0 Å². The van der Waals surface area contributed by atoms with Crippen LogP contribution in [0, 0.1) is 0 Å². The number of nitrogens with one attached hydrogen (secondary N) is 1. The number of aliphatic carboxylic acids is 2. The molecule has 1 aliphatic rings. The average Bonchev–Trinajstić information content (AvgIpc) is 2.75. The Balaban J connectivity index is 1.67. The first-order chi connectivity index (χ1) is 14.5. The maximum absolute atomic E-state index is 11.8. The number of hydrogen-bond acceptors (Lipinski definition) is 5. The van der Waals surface area contributed by atoms with Crippen molar-refractivity contribution in [1.29, 1.82) is 0 Å². The zero-order chi connectivity index (χ0) is 21.5. The number of rotatable bonds is 10. The lowest BCUT2D eigenvalue weighted by Crippen LogP contribution is -2.55. The minimum atomic E-state index is -0.991. The van der Waals surface area contributed by atoms with Gasteiger partial charge in [-0.15, -0.1) is 0 Å². The van der Waals surface area contributed by atoms with E-state index in [4.69, 9.17) is 0 Å². The van der Waals surface area contributed by atoms with Gasteiger partial charge in [0.2, 0.25) is 0 Å². The molecule has 0 fully saturated rings. The monoisotopic (exact) mass is 410 g/mol. The van der Waals surface area contributed by atoms with Crippen LogP contribution in [0.15, 0.2) is 54.6 Å². The number of fused-ring (bicyclic) bond motifs is 1. The standard InChI is InChI=1S/C23H26N2O5/c26-15-19(13-24-20(22(27)28)11-10-16-6-2-1-3-7-16)25-14-18-9-5-4-8-17(18)12-21(25)23(29)30/h1-9,15,19-21,24H,10-14H2,(H,27,28)(H,29,30). The molecule has 0 radical (unpaired) electrons. The van der Waals surface area contributed by atoms with Gasteiger partial charge in [0.25, 0.3) is 0 Å². The van der Waals surface area contributed by atoms with Crippen molar-refractivity contribution < 1.29 is 24.6 Å². The van der Waals surface area contributed by atoms with Gasteiger partial charge in [-0.1, -0.05) is 54.6 Å². The zero-order valence-corrected chi connectivity index (χ0v) is 16.6. The maximum atomic E-state index is 11.8. The van der Waals surface area contributed by atoms with E-state index in [1.165, 1.54) is 0 Å². The van der Waals surface area contributed by atoms with E-state index < -0.39 is 30.1 Å². The molecule has 3 atom stereocenters. The summed E-state index contributed by atoms with van der Waals surface area (Å²) in [5.74, 6) is -1.98. The molecule has 1 aliphatic heterocycles. The lowest BCUT2D eigenvalue weighted by atomic mass is 9.92. The van der Waals surface area contributed by atoms with E-state index in [9.17, 15) is 24.6 Å². The van der Waals surface area contributed by atoms with Gasteiger partial charge >= 0.3 is 11.9 Å². The summed E-state index contributed by atoms with van der Waals surface area (Å²) in [7, 11) is 0. The molecular weight excluding hydrogens is 384 g/mol. The second-order valence-corrected chi connectivity index (χ2v) is 7.53. The quantitative estimate of drug-likeness (QED) is 0.512. The second-order valence-electron chi connectivity index (χ2n) is 7.53. The van der Waals surface area contributed by atoms with E-state index in [0.29, 0.717) is 32.1 Å². The van der Waals surface area contributed by atoms with Gasteiger partial charge in [0, 0.05) is 13.1 Å². The summed E-state index contributed by atoms with van der Waals surface area (Å²) >= 11 is 0. The van der Waals surface area contributed by atoms with Crippen LogP contribution in [0.5, 0.6) is 0 Å². The summed E-state index contributed by atoms with van der Waals surface area (Å²) in [6.07, 6.45) is 1.97. The molecule has 30 heavy (non-hydrogen) atoms. The van der Waals surface area contributed by atoms with Gasteiger partial charge in [-0.25, -0.2) is 0 Å². The van der Waals surface area contributed by atoms with Crippen molar-refractivity contribution in [3.05, 3.63) is 71.3 Å². The van der Waals surface area contributed by atoms with Crippen molar-refractivity contribution >= 4 is 18.2 Å². The minimum absolute atomic E-state index is 0.0706. The summed E-state index contributed by atoms with van der Waals surface area (Å²) in [5, 5.41) is 22.2. The summed E-state index contributed by atoms with van der Waals surface area (Å²) in [4.78, 5) is 37.0. The SMILES string of the molecule is O=CC(CNC(CCc1ccccc1)C(=O)O)N1Cc2ccccc2CC1C(=O)O. The van der Waals surface area contributed by atoms with Crippen LogP contribution in [-0.2, 0) is 33.8 Å². The zero-order valence-electron chi connectivity index (χ0n) is 16.6. The van der Waals surface area contributed by atoms with Crippen molar-refractivity contribution in [2.45, 2.75) is 43.9 Å². The van der Waals surface area contributed by atoms with Gasteiger partial charge in [0.1, 0.15) is 18.4 Å². The summed E-state index contributed by atoms with van der Waals surface area (Å²) < 4.78 is 0. The van der Waals surface area contributed by atoms with Gasteiger partial charge in [0.05, 0.1) is 6.04 Å². The van der Waals surface area contributed by atoms with E-state index in [1.807, 2.05) is 54.6 Å². The Labute approximate surface area is 175 Å². The first-order valence-electron chi connectivity index (χ1n) is 10.0. The van der Waals surface area contributed by atoms with Crippen LogP contribution < -0.4 is 5.32 Å². The molecule has 0 saturated carbocycles. The third kappa shape index (κ3) is 5.31. The van der Waals surface area contributed by atoms with Crippen LogP contribution in [0.1, 0.15) is 23.1 Å². The smallest absolute Gasteiger partial charge is 0.321 e. The number of carboxylic acid groups (broad SMARTS) is 2. The number of aryl methyl sites for hydroxylation is 1. The molecule has 1 heterocycles. The normalized spacial score (nSPS) is 18.2. The highest BCUT2D eigenvalue weighted by Crippen LogP contribution is 2.25. The summed E-state index contributed by atoms with van der Waals surface area (Å²) in [5.41, 5.74) is 2.99. The van der Waals surface area contributed by atoms with Crippen molar-refractivity contribution in [3.8, 4) is 0 Å². The number of carbonyl (C=O) groups is 3. The lowest BCUT2D eigenvalue weighted by molar-refractivity contribution is -0.146. The third-order valence-electron chi connectivity index (χ3n) is 5.59. The number of aldehydes is 1. The molecule has 0 saturated heterocycles. The van der Waals surface area contributed by atoms with Gasteiger partial charge in [-0.3, -0.25) is 14.5 Å². The molecule has 0 amide bonds. The van der Waals surface area contributed by atoms with Gasteiger partial charge < -0.3 is 20.3 Å². The molecule has 0 aliphatic carbocycles. The Hall–Kier alpha value is -3.03. The van der Waals surface area contributed by atoms with E-state index in [2.05, 4.69) is 5.32 Å². The Morgan fingerprint density at radius 2 is 1.73 bits per heavy atom. The fourth-order valence-electron chi connectivity index (χ4n) is 3.90. The molecule has 0 bridgehead atoms. The molecule has 3 N–H and O–H groups in total. The number of benzene rings is 2. The first kappa shape index (κ1) is 21.7. The van der Waals surface area contributed by atoms with Crippen LogP contribution in [-0.4, -0.2) is 58.0 Å². The summed E-state index contributed by atoms with van der Waals surface area (Å²) in [6.45, 7) is 0.404. The Kier molecular flexibility index (Phi) is 7.32. The molecular formula is C23H26N2O5. The topological polar surface area (TPSA) is 107 Å². The molecule has 7 heteroatoms. The molecule has 0 spiro atoms. The molecule has 0 aromatic heterocycles. The second kappa shape index (κ2) is 10.1. The highest BCUT2D eigenvalue weighted by molar-refractivity contribution is 5.76. The van der Waals surface area contributed by atoms with Crippen LogP contribution in [0.25, 0.3) is 0 Å². The third-order valence-corrected chi connectivity index (χ3v) is 5.59. The molecule has 7 nitrogen and oxygen atoms in total. The predicted octanol–water partition coefficient (Wildman–Crippen LogP) is 1.74. The van der Waals surface area contributed by atoms with Gasteiger partial charge in [-0.05, 0) is 36.0 Å². The van der Waals surface area contributed by atoms with Gasteiger partial charge in [0.15, 0.2) is 0 Å². The Morgan fingerprint density at radius 1 is 1.07 bits per heavy atom. The van der Waals surface area contributed by atoms with Crippen molar-refractivity contribution in [2.24, 2.45) is 0 Å². The van der Waals surface area contributed by atoms with Crippen LogP contribution in [0.3, 0.4) is 0 Å². The van der Waals surface area contributed by atoms with Gasteiger partial charge in [-0.2, -0.15) is 0 Å². The van der Waals surface area contributed by atoms with Crippen molar-refractivity contribution in [2.75, 3.05) is 6.54 Å². The predicted molar refractivity (Wildman–Crippen MR) is 111 cm³/mol. The van der Waals surface area contributed by atoms with Crippen LogP contribution >= 0.6 is 0 Å². The first-order valence-corrected chi connectivity index (χ1v) is 10.0. The fraction of sp³-hybridized carbons (Fsp3) is 0.348. The molecule has 2 aromatic carbocycles. The Morgan fingerprint density at radius 3 is 2.37 bits per heavy atom. The molecule has 2 aromatic rings. The largest absolute Gasteiger partial charge is 0.480 e. The highest BCUT2D eigenvalue weighted by atomic mass is 16.4. The van der Waals surface area contributed by atoms with E-state index in [-0.39, 0.29) is 6.54 Å². The molecule has 158 valence electrons. The van der Waals surface area contributed by atoms with Crippen LogP contribution in [0.4, 0.5) is 0 Å². The number of nitrogens with zero attached hydrogens (tertiary/aromatic N) is 1. The summed E-state index contributed by atoms with van der Waals surface area (Å²) in [6, 6.07) is 14.8. The maximum Gasteiger partial charge on any atom is 0.321 e. The Bertz CT molecular complexity index is 886. The lowest BCUT2D eigenvalue weighted by Gasteiger charge is -2.38. The van der Waals surface area contributed by atoms with Crippen molar-refractivity contribution in [3.63, 3.8) is 0 Å². The fourth-order valence-corrected chi connectivity index (χ4v) is 3.90. The molecule has 3 rings (SSSR count). The van der Waals surface area contributed by atoms with E-state index >= 15 is 0 Å². The number of hydrogen-bond donors (Lipinski definition) is 3. The number of carboxylic acids is 2. The average molecular weight is 410 g/mol. The highest BCUT2D eigenvalue weighted by Gasteiger charge is 2.36. The minimum Gasteiger partial charge on any atom is -0.480 e. The molecule has 3 unspecified atom stereocenters. The van der Waals surface area contributed by atoms with E-state index in [1.54, 1.807) is 4.90 Å².